The van der Waals surface area contributed by atoms with Gasteiger partial charge < -0.3 is 14.7 Å². The van der Waals surface area contributed by atoms with Crippen LogP contribution in [0.1, 0.15) is 6.92 Å². The van der Waals surface area contributed by atoms with E-state index in [1.54, 1.807) is 20.0 Å². The first-order chi connectivity index (χ1) is 6.76. The fourth-order valence-corrected chi connectivity index (χ4v) is 0.527. The van der Waals surface area contributed by atoms with E-state index >= 15 is 0 Å². The zero-order valence-electron chi connectivity index (χ0n) is 8.47. The van der Waals surface area contributed by atoms with Gasteiger partial charge in [0.2, 0.25) is 0 Å². The summed E-state index contributed by atoms with van der Waals surface area (Å²) in [5.74, 6) is -0.167. The molecule has 0 fully saturated rings. The lowest BCUT2D eigenvalue weighted by molar-refractivity contribution is -0.117. The molecule has 88 valence electrons. The van der Waals surface area contributed by atoms with E-state index < -0.39 is 7.82 Å². The van der Waals surface area contributed by atoms with Gasteiger partial charge in [-0.2, -0.15) is 0 Å². The van der Waals surface area contributed by atoms with Crippen LogP contribution in [0.3, 0.4) is 0 Å². The molecule has 5 N–H and O–H groups in total. The molecule has 0 saturated carbocycles. The van der Waals surface area contributed by atoms with E-state index in [1.165, 1.54) is 6.08 Å². The highest BCUT2D eigenvalue weighted by Crippen LogP contribution is 2.25. The van der Waals surface area contributed by atoms with Crippen LogP contribution in [0.4, 0.5) is 0 Å². The summed E-state index contributed by atoms with van der Waals surface area (Å²) >= 11 is 0. The highest BCUT2D eigenvalue weighted by molar-refractivity contribution is 7.45. The number of rotatable bonds is 3. The Morgan fingerprint density at radius 1 is 1.40 bits per heavy atom. The Morgan fingerprint density at radius 3 is 2.00 bits per heavy atom. The van der Waals surface area contributed by atoms with Crippen LogP contribution < -0.4 is 10.9 Å². The smallest absolute Gasteiger partial charge is 0.303 e. The van der Waals surface area contributed by atoms with Crippen molar-refractivity contribution in [3.63, 3.8) is 0 Å². The van der Waals surface area contributed by atoms with E-state index in [0.29, 0.717) is 5.57 Å². The number of nitrogens with one attached hydrogen (secondary N) is 2. The lowest BCUT2D eigenvalue weighted by Crippen LogP contribution is -2.34. The van der Waals surface area contributed by atoms with Crippen molar-refractivity contribution in [3.8, 4) is 0 Å². The molecule has 0 unspecified atom stereocenters. The van der Waals surface area contributed by atoms with Crippen molar-refractivity contribution in [2.24, 2.45) is 0 Å². The molecule has 0 aromatic rings. The standard InChI is InChI=1S/C7H12N2O.H3O4P/c1-4-6(5-2)7(10)9-8-3;1-5(2,3)4/h4-5,8H,1H2,2-3H3,(H,9,10);(H3,1,2,3,4). The quantitative estimate of drug-likeness (QED) is 0.195. The number of carbonyl (C=O) groups excluding carboxylic acids is 1. The summed E-state index contributed by atoms with van der Waals surface area (Å²) in [5, 5.41) is 0. The average molecular weight is 238 g/mol. The Bertz CT molecular complexity index is 275. The number of amides is 1. The molecule has 0 aliphatic rings. The molecule has 0 aromatic carbocycles. The third-order valence-corrected chi connectivity index (χ3v) is 1.03. The minimum absolute atomic E-state index is 0.167. The maximum atomic E-state index is 10.9. The Kier molecular flexibility index (Phi) is 9.14. The van der Waals surface area contributed by atoms with E-state index in [9.17, 15) is 4.79 Å². The molecule has 15 heavy (non-hydrogen) atoms. The molecule has 0 radical (unpaired) electrons. The van der Waals surface area contributed by atoms with Gasteiger partial charge in [0.15, 0.2) is 0 Å². The summed E-state index contributed by atoms with van der Waals surface area (Å²) in [4.78, 5) is 32.5. The van der Waals surface area contributed by atoms with Crippen molar-refractivity contribution >= 4 is 13.7 Å². The molecule has 8 heteroatoms. The topological polar surface area (TPSA) is 119 Å². The van der Waals surface area contributed by atoms with Gasteiger partial charge >= 0.3 is 7.82 Å². The minimum Gasteiger partial charge on any atom is -0.303 e. The zero-order chi connectivity index (χ0) is 12.5. The summed E-state index contributed by atoms with van der Waals surface area (Å²) in [5.41, 5.74) is 5.51. The second-order valence-electron chi connectivity index (χ2n) is 2.17. The highest BCUT2D eigenvalue weighted by Gasteiger charge is 2.00. The molecule has 0 heterocycles. The van der Waals surface area contributed by atoms with Crippen molar-refractivity contribution in [1.29, 1.82) is 0 Å². The normalized spacial score (nSPS) is 11.1. The van der Waals surface area contributed by atoms with Gasteiger partial charge in [0.05, 0.1) is 0 Å². The average Bonchev–Trinajstić information content (AvgIpc) is 2.03. The molecule has 0 aliphatic carbocycles. The molecule has 1 amide bonds. The third-order valence-electron chi connectivity index (χ3n) is 1.03. The van der Waals surface area contributed by atoms with Crippen molar-refractivity contribution in [3.05, 3.63) is 24.3 Å². The van der Waals surface area contributed by atoms with E-state index in [2.05, 4.69) is 17.4 Å². The van der Waals surface area contributed by atoms with Crippen LogP contribution in [-0.4, -0.2) is 27.6 Å². The Hall–Kier alpha value is -0.980. The lowest BCUT2D eigenvalue weighted by Gasteiger charge is -2.01. The second-order valence-corrected chi connectivity index (χ2v) is 3.19. The maximum Gasteiger partial charge on any atom is 0.466 e. The summed E-state index contributed by atoms with van der Waals surface area (Å²) in [6.45, 7) is 5.26. The highest BCUT2D eigenvalue weighted by atomic mass is 31.2. The van der Waals surface area contributed by atoms with E-state index in [1.807, 2.05) is 0 Å². The first kappa shape index (κ1) is 16.4. The number of hydrogen-bond acceptors (Lipinski definition) is 3. The van der Waals surface area contributed by atoms with Gasteiger partial charge in [-0.15, -0.1) is 0 Å². The number of carbonyl (C=O) groups is 1. The summed E-state index contributed by atoms with van der Waals surface area (Å²) in [7, 11) is -3.01. The molecule has 0 saturated heterocycles. The van der Waals surface area contributed by atoms with Crippen LogP contribution in [0.15, 0.2) is 24.3 Å². The van der Waals surface area contributed by atoms with Crippen LogP contribution in [0.5, 0.6) is 0 Å². The Balaban J connectivity index is 0. The molecular formula is C7H15N2O5P. The Morgan fingerprint density at radius 2 is 1.80 bits per heavy atom. The fraction of sp³-hybridized carbons (Fsp3) is 0.286. The molecule has 0 aliphatic heterocycles. The third kappa shape index (κ3) is 15.7. The van der Waals surface area contributed by atoms with Crippen molar-refractivity contribution in [1.82, 2.24) is 10.9 Å². The molecular weight excluding hydrogens is 223 g/mol. The first-order valence-corrected chi connectivity index (χ1v) is 5.36. The summed E-state index contributed by atoms with van der Waals surface area (Å²) in [6, 6.07) is 0. The number of hydrazine groups is 1. The van der Waals surface area contributed by atoms with Crippen LogP contribution in [0.2, 0.25) is 0 Å². The van der Waals surface area contributed by atoms with E-state index in [-0.39, 0.29) is 5.91 Å². The van der Waals surface area contributed by atoms with Crippen LogP contribution in [0.25, 0.3) is 0 Å². The van der Waals surface area contributed by atoms with Gasteiger partial charge in [-0.3, -0.25) is 10.2 Å². The second kappa shape index (κ2) is 8.34. The lowest BCUT2D eigenvalue weighted by atomic mass is 10.2. The monoisotopic (exact) mass is 238 g/mol. The van der Waals surface area contributed by atoms with Gasteiger partial charge in [-0.25, -0.2) is 9.99 Å². The predicted molar refractivity (Wildman–Crippen MR) is 55.4 cm³/mol. The van der Waals surface area contributed by atoms with Crippen molar-refractivity contribution < 1.29 is 24.0 Å². The molecule has 0 bridgehead atoms. The minimum atomic E-state index is -4.64. The van der Waals surface area contributed by atoms with Crippen LogP contribution in [-0.2, 0) is 9.36 Å². The molecule has 0 aromatic heterocycles. The van der Waals surface area contributed by atoms with Gasteiger partial charge in [-0.1, -0.05) is 18.7 Å². The number of allylic oxidation sites excluding steroid dienone is 1. The SMILES string of the molecule is C=CC(=CC)C(=O)NNC.O=P(O)(O)O. The molecule has 7 nitrogen and oxygen atoms in total. The predicted octanol–water partition coefficient (Wildman–Crippen LogP) is -0.559. The van der Waals surface area contributed by atoms with E-state index in [4.69, 9.17) is 19.2 Å². The fourth-order valence-electron chi connectivity index (χ4n) is 0.527. The van der Waals surface area contributed by atoms with Crippen LogP contribution >= 0.6 is 7.82 Å². The molecule has 0 atom stereocenters. The van der Waals surface area contributed by atoms with Gasteiger partial charge in [-0.05, 0) is 6.92 Å². The number of hydrogen-bond donors (Lipinski definition) is 5. The largest absolute Gasteiger partial charge is 0.466 e. The zero-order valence-corrected chi connectivity index (χ0v) is 9.36. The molecule has 0 spiro atoms. The first-order valence-electron chi connectivity index (χ1n) is 3.80. The molecule has 0 rings (SSSR count). The Labute approximate surface area is 87.7 Å². The summed E-state index contributed by atoms with van der Waals surface area (Å²) < 4.78 is 8.88. The van der Waals surface area contributed by atoms with Gasteiger partial charge in [0.1, 0.15) is 0 Å². The van der Waals surface area contributed by atoms with Crippen LogP contribution in [0, 0.1) is 0 Å². The van der Waals surface area contributed by atoms with Crippen molar-refractivity contribution in [2.75, 3.05) is 7.05 Å². The van der Waals surface area contributed by atoms with Gasteiger partial charge in [0, 0.05) is 12.6 Å². The maximum absolute atomic E-state index is 10.9. The summed E-state index contributed by atoms with van der Waals surface area (Å²) in [6.07, 6.45) is 3.20. The number of phosphoric acid groups is 1. The van der Waals surface area contributed by atoms with Crippen molar-refractivity contribution in [2.45, 2.75) is 6.92 Å². The van der Waals surface area contributed by atoms with E-state index in [0.717, 1.165) is 0 Å². The van der Waals surface area contributed by atoms with Gasteiger partial charge in [0.25, 0.3) is 5.91 Å².